The number of nitrogens with zero attached hydrogens (tertiary/aromatic N) is 1. The first-order valence-electron chi connectivity index (χ1n) is 6.16. The van der Waals surface area contributed by atoms with Gasteiger partial charge in [0.25, 0.3) is 0 Å². The van der Waals surface area contributed by atoms with E-state index in [1.54, 1.807) is 0 Å². The minimum absolute atomic E-state index is 0.271. The van der Waals surface area contributed by atoms with Gasteiger partial charge in [-0.05, 0) is 38.9 Å². The summed E-state index contributed by atoms with van der Waals surface area (Å²) in [6.45, 7) is 3.16. The third kappa shape index (κ3) is 5.50. The Kier molecular flexibility index (Phi) is 5.70. The lowest BCUT2D eigenvalue weighted by Crippen LogP contribution is -2.33. The molecular weight excluding hydrogens is 210 g/mol. The van der Waals surface area contributed by atoms with E-state index < -0.39 is 0 Å². The van der Waals surface area contributed by atoms with Gasteiger partial charge in [0, 0.05) is 12.5 Å². The topological polar surface area (TPSA) is 53.1 Å². The van der Waals surface area contributed by atoms with Crippen LogP contribution in [0.4, 0.5) is 0 Å². The summed E-state index contributed by atoms with van der Waals surface area (Å²) in [7, 11) is 2.10. The average Bonchev–Trinajstić information content (AvgIpc) is 2.29. The van der Waals surface area contributed by atoms with Gasteiger partial charge in [-0.15, -0.1) is 0 Å². The van der Waals surface area contributed by atoms with Crippen molar-refractivity contribution >= 4 is 5.84 Å². The molecule has 0 fully saturated rings. The largest absolute Gasteiger partial charge is 0.388 e. The predicted octanol–water partition coefficient (Wildman–Crippen LogP) is 2.27. The smallest absolute Gasteiger partial charge is 0.0920 e. The molecule has 3 N–H and O–H groups in total. The number of rotatable bonds is 7. The Morgan fingerprint density at radius 2 is 2.00 bits per heavy atom. The molecule has 17 heavy (non-hydrogen) atoms. The van der Waals surface area contributed by atoms with Crippen LogP contribution >= 0.6 is 0 Å². The van der Waals surface area contributed by atoms with E-state index in [-0.39, 0.29) is 5.84 Å². The van der Waals surface area contributed by atoms with Crippen molar-refractivity contribution in [1.82, 2.24) is 4.90 Å². The van der Waals surface area contributed by atoms with Gasteiger partial charge in [0.05, 0.1) is 5.84 Å². The Morgan fingerprint density at radius 3 is 2.59 bits per heavy atom. The highest BCUT2D eigenvalue weighted by Crippen LogP contribution is 2.06. The Hall–Kier alpha value is -1.35. The van der Waals surface area contributed by atoms with Crippen LogP contribution in [0.2, 0.25) is 0 Å². The molecule has 0 saturated heterocycles. The first kappa shape index (κ1) is 13.7. The van der Waals surface area contributed by atoms with Crippen LogP contribution in [0.15, 0.2) is 30.3 Å². The van der Waals surface area contributed by atoms with Gasteiger partial charge in [-0.1, -0.05) is 30.3 Å². The molecule has 0 aromatic heterocycles. The number of nitrogens with two attached hydrogens (primary N) is 1. The van der Waals surface area contributed by atoms with Crippen LogP contribution in [-0.2, 0) is 6.42 Å². The molecule has 3 nitrogen and oxygen atoms in total. The molecule has 3 heteroatoms. The zero-order valence-electron chi connectivity index (χ0n) is 10.8. The molecule has 0 aliphatic heterocycles. The van der Waals surface area contributed by atoms with Crippen molar-refractivity contribution in [3.8, 4) is 0 Å². The summed E-state index contributed by atoms with van der Waals surface area (Å²) >= 11 is 0. The van der Waals surface area contributed by atoms with E-state index in [1.165, 1.54) is 5.56 Å². The molecule has 0 aliphatic carbocycles. The Bertz CT molecular complexity index is 335. The lowest BCUT2D eigenvalue weighted by Gasteiger charge is -2.24. The fourth-order valence-corrected chi connectivity index (χ4v) is 1.87. The van der Waals surface area contributed by atoms with Crippen LogP contribution in [-0.4, -0.2) is 30.4 Å². The van der Waals surface area contributed by atoms with Gasteiger partial charge in [-0.25, -0.2) is 0 Å². The average molecular weight is 233 g/mol. The van der Waals surface area contributed by atoms with E-state index in [4.69, 9.17) is 11.1 Å². The fourth-order valence-electron chi connectivity index (χ4n) is 1.87. The van der Waals surface area contributed by atoms with Crippen molar-refractivity contribution < 1.29 is 0 Å². The van der Waals surface area contributed by atoms with Crippen LogP contribution in [0.5, 0.6) is 0 Å². The minimum atomic E-state index is 0.271. The second-order valence-corrected chi connectivity index (χ2v) is 4.65. The first-order chi connectivity index (χ1) is 8.09. The van der Waals surface area contributed by atoms with Crippen molar-refractivity contribution in [3.63, 3.8) is 0 Å². The maximum absolute atomic E-state index is 7.28. The van der Waals surface area contributed by atoms with Gasteiger partial charge in [0.15, 0.2) is 0 Å². The summed E-state index contributed by atoms with van der Waals surface area (Å²) in [5.41, 5.74) is 6.80. The molecule has 0 aliphatic rings. The molecular formula is C14H23N3. The molecule has 0 radical (unpaired) electrons. The number of nitrogens with one attached hydrogen (secondary N) is 1. The highest BCUT2D eigenvalue weighted by Gasteiger charge is 2.09. The summed E-state index contributed by atoms with van der Waals surface area (Å²) in [5.74, 6) is 0.271. The van der Waals surface area contributed by atoms with Gasteiger partial charge in [-0.2, -0.15) is 0 Å². The molecule has 94 valence electrons. The second kappa shape index (κ2) is 7.07. The third-order valence-electron chi connectivity index (χ3n) is 3.09. The van der Waals surface area contributed by atoms with Crippen molar-refractivity contribution in [1.29, 1.82) is 5.41 Å². The maximum Gasteiger partial charge on any atom is 0.0920 e. The van der Waals surface area contributed by atoms with E-state index in [0.29, 0.717) is 12.5 Å². The zero-order valence-corrected chi connectivity index (χ0v) is 10.8. The molecule has 0 spiro atoms. The SMILES string of the molecule is CC(CC(=N)N)N(C)CCCc1ccccc1. The maximum atomic E-state index is 7.28. The number of hydrogen-bond donors (Lipinski definition) is 2. The van der Waals surface area contributed by atoms with E-state index in [2.05, 4.69) is 43.1 Å². The molecule has 0 heterocycles. The molecule has 1 rings (SSSR count). The highest BCUT2D eigenvalue weighted by atomic mass is 15.1. The Labute approximate surface area is 104 Å². The zero-order chi connectivity index (χ0) is 12.7. The third-order valence-corrected chi connectivity index (χ3v) is 3.09. The van der Waals surface area contributed by atoms with Crippen LogP contribution in [0, 0.1) is 5.41 Å². The summed E-state index contributed by atoms with van der Waals surface area (Å²) < 4.78 is 0. The standard InChI is InChI=1S/C14H23N3/c1-12(11-14(15)16)17(2)10-6-9-13-7-4-3-5-8-13/h3-5,7-8,12H,6,9-11H2,1-2H3,(H3,15,16). The quantitative estimate of drug-likeness (QED) is 0.560. The summed E-state index contributed by atoms with van der Waals surface area (Å²) in [5, 5.41) is 7.28. The number of amidine groups is 1. The van der Waals surface area contributed by atoms with Crippen molar-refractivity contribution in [3.05, 3.63) is 35.9 Å². The lowest BCUT2D eigenvalue weighted by molar-refractivity contribution is 0.260. The molecule has 0 amide bonds. The van der Waals surface area contributed by atoms with Gasteiger partial charge in [0.2, 0.25) is 0 Å². The minimum Gasteiger partial charge on any atom is -0.388 e. The molecule has 0 bridgehead atoms. The van der Waals surface area contributed by atoms with Crippen molar-refractivity contribution in [2.75, 3.05) is 13.6 Å². The number of benzene rings is 1. The fraction of sp³-hybridized carbons (Fsp3) is 0.500. The highest BCUT2D eigenvalue weighted by molar-refractivity contribution is 5.77. The van der Waals surface area contributed by atoms with Gasteiger partial charge in [-0.3, -0.25) is 5.41 Å². The lowest BCUT2D eigenvalue weighted by atomic mass is 10.1. The Morgan fingerprint density at radius 1 is 1.35 bits per heavy atom. The van der Waals surface area contributed by atoms with Crippen LogP contribution < -0.4 is 5.73 Å². The monoisotopic (exact) mass is 233 g/mol. The molecule has 1 unspecified atom stereocenters. The van der Waals surface area contributed by atoms with E-state index in [9.17, 15) is 0 Å². The van der Waals surface area contributed by atoms with Crippen molar-refractivity contribution in [2.24, 2.45) is 5.73 Å². The van der Waals surface area contributed by atoms with Crippen LogP contribution in [0.3, 0.4) is 0 Å². The number of hydrogen-bond acceptors (Lipinski definition) is 2. The van der Waals surface area contributed by atoms with E-state index in [1.807, 2.05) is 6.07 Å². The first-order valence-corrected chi connectivity index (χ1v) is 6.16. The summed E-state index contributed by atoms with van der Waals surface area (Å²) in [6, 6.07) is 10.9. The number of aryl methyl sites for hydroxylation is 1. The molecule has 0 saturated carbocycles. The van der Waals surface area contributed by atoms with Crippen molar-refractivity contribution in [2.45, 2.75) is 32.2 Å². The van der Waals surface area contributed by atoms with E-state index >= 15 is 0 Å². The predicted molar refractivity (Wildman–Crippen MR) is 73.4 cm³/mol. The van der Waals surface area contributed by atoms with Crippen LogP contribution in [0.25, 0.3) is 0 Å². The summed E-state index contributed by atoms with van der Waals surface area (Å²) in [4.78, 5) is 2.27. The molecule has 1 aromatic carbocycles. The second-order valence-electron chi connectivity index (χ2n) is 4.65. The van der Waals surface area contributed by atoms with Gasteiger partial charge < -0.3 is 10.6 Å². The normalized spacial score (nSPS) is 12.6. The van der Waals surface area contributed by atoms with Gasteiger partial charge in [0.1, 0.15) is 0 Å². The summed E-state index contributed by atoms with van der Waals surface area (Å²) in [6.07, 6.45) is 2.91. The van der Waals surface area contributed by atoms with Gasteiger partial charge >= 0.3 is 0 Å². The van der Waals surface area contributed by atoms with E-state index in [0.717, 1.165) is 19.4 Å². The molecule has 1 aromatic rings. The van der Waals surface area contributed by atoms with Crippen LogP contribution in [0.1, 0.15) is 25.3 Å². The molecule has 1 atom stereocenters. The Balaban J connectivity index is 2.24.